The second-order valence-electron chi connectivity index (χ2n) is 7.70. The molecule has 2 rings (SSSR count). The fourth-order valence-corrected chi connectivity index (χ4v) is 2.93. The predicted octanol–water partition coefficient (Wildman–Crippen LogP) is 3.80. The Morgan fingerprint density at radius 2 is 1.78 bits per heavy atom. The van der Waals surface area contributed by atoms with Crippen molar-refractivity contribution in [3.05, 3.63) is 11.6 Å². The number of rotatable bonds is 3. The maximum atomic E-state index is 13.3. The average Bonchev–Trinajstić information content (AvgIpc) is 2.76. The van der Waals surface area contributed by atoms with Crippen LogP contribution < -0.4 is 0 Å². The second-order valence-corrected chi connectivity index (χ2v) is 7.70. The number of hydrogen-bond donors (Lipinski definition) is 0. The van der Waals surface area contributed by atoms with Crippen molar-refractivity contribution >= 4 is 0 Å². The number of hydrogen-bond acceptors (Lipinski definition) is 4. The lowest BCUT2D eigenvalue weighted by Crippen LogP contribution is -2.36. The van der Waals surface area contributed by atoms with E-state index >= 15 is 0 Å². The SMILES string of the molecule is COC1C(C=C(CC(C)(C)C)C(F)(F)F)O[C@@H]2OC(C)(C)O[C@H]12. The van der Waals surface area contributed by atoms with Crippen LogP contribution in [0, 0.1) is 5.41 Å². The van der Waals surface area contributed by atoms with Crippen LogP contribution in [0.25, 0.3) is 0 Å². The monoisotopic (exact) mass is 338 g/mol. The Morgan fingerprint density at radius 1 is 1.17 bits per heavy atom. The zero-order chi connectivity index (χ0) is 17.6. The maximum absolute atomic E-state index is 13.3. The Hall–Kier alpha value is -0.630. The molecule has 4 atom stereocenters. The maximum Gasteiger partial charge on any atom is 0.412 e. The van der Waals surface area contributed by atoms with Crippen LogP contribution in [0.2, 0.25) is 0 Å². The molecule has 0 aromatic heterocycles. The summed E-state index contributed by atoms with van der Waals surface area (Å²) in [5.41, 5.74) is -1.11. The van der Waals surface area contributed by atoms with Crippen LogP contribution in [0.5, 0.6) is 0 Å². The molecule has 2 aliphatic rings. The van der Waals surface area contributed by atoms with Gasteiger partial charge >= 0.3 is 6.18 Å². The quantitative estimate of drug-likeness (QED) is 0.734. The molecule has 0 saturated carbocycles. The van der Waals surface area contributed by atoms with Gasteiger partial charge in [0, 0.05) is 12.7 Å². The molecule has 0 aliphatic carbocycles. The minimum absolute atomic E-state index is 0.102. The molecule has 0 aromatic rings. The molecule has 2 heterocycles. The van der Waals surface area contributed by atoms with Gasteiger partial charge in [0.05, 0.1) is 0 Å². The van der Waals surface area contributed by atoms with Gasteiger partial charge in [0.15, 0.2) is 12.1 Å². The van der Waals surface area contributed by atoms with Crippen LogP contribution in [-0.2, 0) is 18.9 Å². The van der Waals surface area contributed by atoms with Gasteiger partial charge in [-0.3, -0.25) is 0 Å². The van der Waals surface area contributed by atoms with Crippen molar-refractivity contribution in [2.45, 2.75) is 77.6 Å². The fraction of sp³-hybridized carbons (Fsp3) is 0.875. The zero-order valence-electron chi connectivity index (χ0n) is 14.4. The van der Waals surface area contributed by atoms with Gasteiger partial charge in [-0.1, -0.05) is 20.8 Å². The number of fused-ring (bicyclic) bond motifs is 1. The number of alkyl halides is 3. The standard InChI is InChI=1S/C16H25F3O4/c1-14(2,3)8-9(16(17,18)19)7-10-11(20-6)12-13(21-10)23-15(4,5)22-12/h7,10-13H,8H2,1-6H3/t10?,11?,12-,13-/m1/s1. The third-order valence-corrected chi connectivity index (χ3v) is 3.75. The molecule has 0 N–H and O–H groups in total. The van der Waals surface area contributed by atoms with E-state index in [1.54, 1.807) is 34.6 Å². The first kappa shape index (κ1) is 18.7. The molecule has 0 aromatic carbocycles. The molecule has 2 saturated heterocycles. The first-order chi connectivity index (χ1) is 10.3. The topological polar surface area (TPSA) is 36.9 Å². The van der Waals surface area contributed by atoms with Crippen LogP contribution in [0.3, 0.4) is 0 Å². The number of ether oxygens (including phenoxy) is 4. The summed E-state index contributed by atoms with van der Waals surface area (Å²) in [6, 6.07) is 0. The fourth-order valence-electron chi connectivity index (χ4n) is 2.93. The molecule has 23 heavy (non-hydrogen) atoms. The van der Waals surface area contributed by atoms with E-state index < -0.39 is 47.6 Å². The second kappa shape index (κ2) is 6.02. The summed E-state index contributed by atoms with van der Waals surface area (Å²) in [6.45, 7) is 8.75. The van der Waals surface area contributed by atoms with Crippen molar-refractivity contribution in [1.82, 2.24) is 0 Å². The highest BCUT2D eigenvalue weighted by Gasteiger charge is 2.55. The Balaban J connectivity index is 2.23. The molecule has 0 amide bonds. The van der Waals surface area contributed by atoms with E-state index in [1.807, 2.05) is 0 Å². The molecule has 2 aliphatic heterocycles. The number of allylic oxidation sites excluding steroid dienone is 1. The Labute approximate surface area is 134 Å². The van der Waals surface area contributed by atoms with E-state index in [-0.39, 0.29) is 6.42 Å². The molecule has 4 nitrogen and oxygen atoms in total. The highest BCUT2D eigenvalue weighted by Crippen LogP contribution is 2.41. The van der Waals surface area contributed by atoms with Crippen LogP contribution in [0.15, 0.2) is 11.6 Å². The van der Waals surface area contributed by atoms with Gasteiger partial charge in [0.1, 0.15) is 18.3 Å². The molecule has 0 bridgehead atoms. The lowest BCUT2D eigenvalue weighted by atomic mass is 9.87. The predicted molar refractivity (Wildman–Crippen MR) is 77.7 cm³/mol. The van der Waals surface area contributed by atoms with Gasteiger partial charge in [-0.25, -0.2) is 0 Å². The summed E-state index contributed by atoms with van der Waals surface area (Å²) in [4.78, 5) is 0. The van der Waals surface area contributed by atoms with E-state index in [2.05, 4.69) is 0 Å². The minimum atomic E-state index is -4.41. The van der Waals surface area contributed by atoms with Crippen molar-refractivity contribution in [2.75, 3.05) is 7.11 Å². The highest BCUT2D eigenvalue weighted by molar-refractivity contribution is 5.17. The van der Waals surface area contributed by atoms with E-state index in [1.165, 1.54) is 7.11 Å². The van der Waals surface area contributed by atoms with E-state index in [0.29, 0.717) is 0 Å². The van der Waals surface area contributed by atoms with Crippen molar-refractivity contribution in [3.63, 3.8) is 0 Å². The molecule has 2 unspecified atom stereocenters. The summed E-state index contributed by atoms with van der Waals surface area (Å²) in [6.07, 6.45) is -6.16. The van der Waals surface area contributed by atoms with Gasteiger partial charge < -0.3 is 18.9 Å². The average molecular weight is 338 g/mol. The van der Waals surface area contributed by atoms with Crippen molar-refractivity contribution in [3.8, 4) is 0 Å². The van der Waals surface area contributed by atoms with Crippen LogP contribution in [-0.4, -0.2) is 43.7 Å². The summed E-state index contributed by atoms with van der Waals surface area (Å²) >= 11 is 0. The first-order valence-electron chi connectivity index (χ1n) is 7.64. The van der Waals surface area contributed by atoms with Crippen LogP contribution in [0.4, 0.5) is 13.2 Å². The van der Waals surface area contributed by atoms with Gasteiger partial charge in [-0.05, 0) is 31.8 Å². The Kier molecular flexibility index (Phi) is 4.90. The third kappa shape index (κ3) is 4.47. The van der Waals surface area contributed by atoms with Crippen molar-refractivity contribution < 1.29 is 32.1 Å². The smallest absolute Gasteiger partial charge is 0.375 e. The van der Waals surface area contributed by atoms with Gasteiger partial charge in [-0.15, -0.1) is 0 Å². The molecular formula is C16H25F3O4. The molecule has 2 fully saturated rings. The zero-order valence-corrected chi connectivity index (χ0v) is 14.4. The first-order valence-corrected chi connectivity index (χ1v) is 7.64. The van der Waals surface area contributed by atoms with Crippen molar-refractivity contribution in [1.29, 1.82) is 0 Å². The lowest BCUT2D eigenvalue weighted by Gasteiger charge is -2.26. The molecule has 134 valence electrons. The summed E-state index contributed by atoms with van der Waals surface area (Å²) in [5, 5.41) is 0. The summed E-state index contributed by atoms with van der Waals surface area (Å²) in [7, 11) is 1.43. The van der Waals surface area contributed by atoms with Crippen LogP contribution in [0.1, 0.15) is 41.0 Å². The summed E-state index contributed by atoms with van der Waals surface area (Å²) < 4.78 is 62.2. The van der Waals surface area contributed by atoms with Gasteiger partial charge in [0.25, 0.3) is 0 Å². The van der Waals surface area contributed by atoms with Gasteiger partial charge in [0.2, 0.25) is 0 Å². The number of halogens is 3. The third-order valence-electron chi connectivity index (χ3n) is 3.75. The molecular weight excluding hydrogens is 313 g/mol. The molecule has 0 radical (unpaired) electrons. The molecule has 7 heteroatoms. The van der Waals surface area contributed by atoms with E-state index in [0.717, 1.165) is 6.08 Å². The molecule has 0 spiro atoms. The largest absolute Gasteiger partial charge is 0.412 e. The Bertz CT molecular complexity index is 465. The normalized spacial score (nSPS) is 34.7. The number of methoxy groups -OCH3 is 1. The Morgan fingerprint density at radius 3 is 2.26 bits per heavy atom. The van der Waals surface area contributed by atoms with Crippen LogP contribution >= 0.6 is 0 Å². The van der Waals surface area contributed by atoms with Gasteiger partial charge in [-0.2, -0.15) is 13.2 Å². The lowest BCUT2D eigenvalue weighted by molar-refractivity contribution is -0.211. The van der Waals surface area contributed by atoms with E-state index in [9.17, 15) is 13.2 Å². The minimum Gasteiger partial charge on any atom is -0.375 e. The van der Waals surface area contributed by atoms with Crippen molar-refractivity contribution in [2.24, 2.45) is 5.41 Å². The van der Waals surface area contributed by atoms with E-state index in [4.69, 9.17) is 18.9 Å². The highest BCUT2D eigenvalue weighted by atomic mass is 19.4. The summed E-state index contributed by atoms with van der Waals surface area (Å²) in [5.74, 6) is -0.834.